The molecule has 0 bridgehead atoms. The largest absolute Gasteiger partial charge is 0.352 e. The molecule has 0 spiro atoms. The Morgan fingerprint density at radius 3 is 2.47 bits per heavy atom. The topological polar surface area (TPSA) is 73.1 Å². The monoisotopic (exact) mass is 425 g/mol. The van der Waals surface area contributed by atoms with Crippen molar-refractivity contribution in [2.24, 2.45) is 0 Å². The number of hydrogen-bond acceptors (Lipinski definition) is 3. The maximum absolute atomic E-state index is 12.7. The second kappa shape index (κ2) is 10.1. The van der Waals surface area contributed by atoms with Gasteiger partial charge in [0.05, 0.1) is 6.54 Å². The first-order valence-corrected chi connectivity index (χ1v) is 10.2. The molecule has 30 heavy (non-hydrogen) atoms. The van der Waals surface area contributed by atoms with Gasteiger partial charge in [-0.25, -0.2) is 4.79 Å². The maximum atomic E-state index is 12.7. The van der Waals surface area contributed by atoms with E-state index in [-0.39, 0.29) is 25.0 Å². The predicted octanol–water partition coefficient (Wildman–Crippen LogP) is 2.85. The van der Waals surface area contributed by atoms with Gasteiger partial charge in [-0.2, -0.15) is 0 Å². The second-order valence-corrected chi connectivity index (χ2v) is 7.64. The zero-order chi connectivity index (χ0) is 21.5. The summed E-state index contributed by atoms with van der Waals surface area (Å²) in [5.41, 5.74) is 0.891. The molecule has 1 aromatic heterocycles. The molecule has 0 aliphatic carbocycles. The van der Waals surface area contributed by atoms with Gasteiger partial charge in [-0.1, -0.05) is 60.1 Å². The van der Waals surface area contributed by atoms with Gasteiger partial charge in [0, 0.05) is 23.3 Å². The number of nitrogens with one attached hydrogen (secondary N) is 1. The molecule has 0 fully saturated rings. The molecule has 2 aromatic carbocycles. The molecule has 0 aliphatic rings. The van der Waals surface area contributed by atoms with Crippen LogP contribution < -0.4 is 16.6 Å². The number of nitrogens with zero attached hydrogens (tertiary/aromatic N) is 2. The number of hydrogen-bond donors (Lipinski definition) is 1. The fourth-order valence-electron chi connectivity index (χ4n) is 3.20. The Balaban J connectivity index is 1.65. The fraction of sp³-hybridized carbons (Fsp3) is 0.261. The first kappa shape index (κ1) is 21.6. The average Bonchev–Trinajstić information content (AvgIpc) is 2.74. The summed E-state index contributed by atoms with van der Waals surface area (Å²) in [6.45, 7) is 1.80. The highest BCUT2D eigenvalue weighted by molar-refractivity contribution is 6.31. The van der Waals surface area contributed by atoms with E-state index in [1.54, 1.807) is 12.1 Å². The molecule has 0 saturated carbocycles. The van der Waals surface area contributed by atoms with E-state index in [4.69, 9.17) is 11.6 Å². The number of halogens is 1. The molecule has 156 valence electrons. The van der Waals surface area contributed by atoms with Crippen molar-refractivity contribution < 1.29 is 4.79 Å². The van der Waals surface area contributed by atoms with E-state index in [0.717, 1.165) is 23.0 Å². The SMILES string of the molecule is CC(CCc1ccccc1)NC(=O)Cn1c(=O)ccn(Cc2ccccc2Cl)c1=O. The van der Waals surface area contributed by atoms with Crippen LogP contribution in [0.4, 0.5) is 0 Å². The Bertz CT molecular complexity index is 1120. The first-order valence-electron chi connectivity index (χ1n) is 9.81. The molecule has 0 saturated heterocycles. The van der Waals surface area contributed by atoms with Crippen molar-refractivity contribution in [3.05, 3.63) is 104 Å². The zero-order valence-corrected chi connectivity index (χ0v) is 17.5. The van der Waals surface area contributed by atoms with E-state index >= 15 is 0 Å². The van der Waals surface area contributed by atoms with Crippen LogP contribution in [0.25, 0.3) is 0 Å². The summed E-state index contributed by atoms with van der Waals surface area (Å²) in [6, 6.07) is 18.4. The van der Waals surface area contributed by atoms with E-state index < -0.39 is 11.2 Å². The summed E-state index contributed by atoms with van der Waals surface area (Å²) in [5, 5.41) is 3.40. The summed E-state index contributed by atoms with van der Waals surface area (Å²) in [6.07, 6.45) is 3.01. The number of carbonyl (C=O) groups excluding carboxylic acids is 1. The van der Waals surface area contributed by atoms with Crippen LogP contribution in [0.3, 0.4) is 0 Å². The molecular weight excluding hydrogens is 402 g/mol. The summed E-state index contributed by atoms with van der Waals surface area (Å²) in [4.78, 5) is 37.3. The van der Waals surface area contributed by atoms with Crippen LogP contribution in [0.5, 0.6) is 0 Å². The molecule has 1 heterocycles. The number of aryl methyl sites for hydroxylation is 1. The lowest BCUT2D eigenvalue weighted by Crippen LogP contribution is -2.44. The zero-order valence-electron chi connectivity index (χ0n) is 16.8. The quantitative estimate of drug-likeness (QED) is 0.603. The third-order valence-corrected chi connectivity index (χ3v) is 5.22. The van der Waals surface area contributed by atoms with Gasteiger partial charge in [0.2, 0.25) is 5.91 Å². The van der Waals surface area contributed by atoms with Gasteiger partial charge in [0.15, 0.2) is 0 Å². The fourth-order valence-corrected chi connectivity index (χ4v) is 3.39. The maximum Gasteiger partial charge on any atom is 0.331 e. The van der Waals surface area contributed by atoms with E-state index in [0.29, 0.717) is 5.02 Å². The molecule has 1 N–H and O–H groups in total. The minimum atomic E-state index is -0.547. The minimum absolute atomic E-state index is 0.0810. The van der Waals surface area contributed by atoms with Crippen LogP contribution in [-0.4, -0.2) is 21.1 Å². The van der Waals surface area contributed by atoms with Gasteiger partial charge < -0.3 is 5.32 Å². The Morgan fingerprint density at radius 1 is 1.03 bits per heavy atom. The molecule has 0 aliphatic heterocycles. The van der Waals surface area contributed by atoms with Crippen LogP contribution in [0.15, 0.2) is 76.4 Å². The Hall–Kier alpha value is -3.12. The summed E-state index contributed by atoms with van der Waals surface area (Å²) >= 11 is 6.17. The van der Waals surface area contributed by atoms with E-state index in [2.05, 4.69) is 5.32 Å². The smallest absolute Gasteiger partial charge is 0.331 e. The van der Waals surface area contributed by atoms with Gasteiger partial charge in [0.1, 0.15) is 6.54 Å². The average molecular weight is 426 g/mol. The molecule has 0 radical (unpaired) electrons. The van der Waals surface area contributed by atoms with Crippen molar-refractivity contribution >= 4 is 17.5 Å². The third kappa shape index (κ3) is 5.70. The lowest BCUT2D eigenvalue weighted by atomic mass is 10.1. The van der Waals surface area contributed by atoms with E-state index in [1.165, 1.54) is 22.4 Å². The van der Waals surface area contributed by atoms with Gasteiger partial charge >= 0.3 is 5.69 Å². The van der Waals surface area contributed by atoms with Gasteiger partial charge in [-0.05, 0) is 37.0 Å². The van der Waals surface area contributed by atoms with Crippen LogP contribution in [-0.2, 0) is 24.3 Å². The lowest BCUT2D eigenvalue weighted by Gasteiger charge is -2.15. The summed E-state index contributed by atoms with van der Waals surface area (Å²) in [5.74, 6) is -0.370. The highest BCUT2D eigenvalue weighted by Gasteiger charge is 2.13. The van der Waals surface area contributed by atoms with E-state index in [1.807, 2.05) is 49.4 Å². The van der Waals surface area contributed by atoms with E-state index in [9.17, 15) is 14.4 Å². The molecule has 1 unspecified atom stereocenters. The van der Waals surface area contributed by atoms with Crippen molar-refractivity contribution in [1.29, 1.82) is 0 Å². The number of rotatable bonds is 8. The summed E-state index contributed by atoms with van der Waals surface area (Å²) < 4.78 is 2.31. The molecule has 1 amide bonds. The molecule has 1 atom stereocenters. The Labute approximate surface area is 179 Å². The van der Waals surface area contributed by atoms with Crippen LogP contribution >= 0.6 is 11.6 Å². The number of amides is 1. The van der Waals surface area contributed by atoms with Crippen molar-refractivity contribution in [2.45, 2.75) is 38.9 Å². The Morgan fingerprint density at radius 2 is 1.73 bits per heavy atom. The number of benzene rings is 2. The number of carbonyl (C=O) groups is 1. The molecule has 3 rings (SSSR count). The van der Waals surface area contributed by atoms with Crippen LogP contribution in [0, 0.1) is 0 Å². The highest BCUT2D eigenvalue weighted by atomic mass is 35.5. The molecular formula is C23H24ClN3O3. The standard InChI is InChI=1S/C23H24ClN3O3/c1-17(11-12-18-7-3-2-4-8-18)25-21(28)16-27-22(29)13-14-26(23(27)30)15-19-9-5-6-10-20(19)24/h2-10,13-14,17H,11-12,15-16H2,1H3,(H,25,28). The van der Waals surface area contributed by atoms with Crippen LogP contribution in [0.2, 0.25) is 5.02 Å². The van der Waals surface area contributed by atoms with Crippen molar-refractivity contribution in [1.82, 2.24) is 14.5 Å². The second-order valence-electron chi connectivity index (χ2n) is 7.23. The normalized spacial score (nSPS) is 11.8. The summed E-state index contributed by atoms with van der Waals surface area (Å²) in [7, 11) is 0. The van der Waals surface area contributed by atoms with Crippen molar-refractivity contribution in [2.75, 3.05) is 0 Å². The van der Waals surface area contributed by atoms with Gasteiger partial charge in [-0.3, -0.25) is 18.7 Å². The van der Waals surface area contributed by atoms with Crippen molar-refractivity contribution in [3.63, 3.8) is 0 Å². The predicted molar refractivity (Wildman–Crippen MR) is 118 cm³/mol. The molecule has 7 heteroatoms. The third-order valence-electron chi connectivity index (χ3n) is 4.86. The molecule has 3 aromatic rings. The van der Waals surface area contributed by atoms with Gasteiger partial charge in [-0.15, -0.1) is 0 Å². The van der Waals surface area contributed by atoms with Crippen LogP contribution in [0.1, 0.15) is 24.5 Å². The lowest BCUT2D eigenvalue weighted by molar-refractivity contribution is -0.122. The Kier molecular flexibility index (Phi) is 7.25. The van der Waals surface area contributed by atoms with Gasteiger partial charge in [0.25, 0.3) is 5.56 Å². The minimum Gasteiger partial charge on any atom is -0.352 e. The first-order chi connectivity index (χ1) is 14.4. The molecule has 6 nitrogen and oxygen atoms in total. The highest BCUT2D eigenvalue weighted by Crippen LogP contribution is 2.15. The van der Waals surface area contributed by atoms with Crippen molar-refractivity contribution in [3.8, 4) is 0 Å². The number of aromatic nitrogens is 2.